The van der Waals surface area contributed by atoms with Crippen molar-refractivity contribution < 1.29 is 4.79 Å². The average Bonchev–Trinajstić information content (AvgIpc) is 2.89. The topological polar surface area (TPSA) is 58.4 Å². The number of nitrogens with two attached hydrogens (primary N) is 1. The Morgan fingerprint density at radius 1 is 1.42 bits per heavy atom. The van der Waals surface area contributed by atoms with Gasteiger partial charge in [0.1, 0.15) is 4.99 Å². The van der Waals surface area contributed by atoms with E-state index in [0.717, 1.165) is 42.7 Å². The summed E-state index contributed by atoms with van der Waals surface area (Å²) in [5.74, 6) is 0.161. The quantitative estimate of drug-likeness (QED) is 0.822. The number of hydrogen-bond acceptors (Lipinski definition) is 3. The number of rotatable bonds is 4. The molecule has 1 aromatic carbocycles. The van der Waals surface area contributed by atoms with Crippen LogP contribution in [0, 0.1) is 6.92 Å². The molecular formula is C14H19N3OS. The number of nitrogens with zero attached hydrogens (tertiary/aromatic N) is 1. The van der Waals surface area contributed by atoms with Crippen LogP contribution >= 0.6 is 12.2 Å². The maximum absolute atomic E-state index is 11.9. The molecular weight excluding hydrogens is 258 g/mol. The van der Waals surface area contributed by atoms with E-state index >= 15 is 0 Å². The minimum absolute atomic E-state index is 0.161. The van der Waals surface area contributed by atoms with Gasteiger partial charge in [-0.2, -0.15) is 0 Å². The summed E-state index contributed by atoms with van der Waals surface area (Å²) in [5, 5.41) is 3.15. The number of thiocarbonyl (C=S) groups is 1. The normalized spacial score (nSPS) is 14.5. The van der Waals surface area contributed by atoms with Gasteiger partial charge in [0, 0.05) is 24.3 Å². The lowest BCUT2D eigenvalue weighted by atomic mass is 10.1. The zero-order valence-corrected chi connectivity index (χ0v) is 11.9. The van der Waals surface area contributed by atoms with Crippen molar-refractivity contribution in [2.24, 2.45) is 5.73 Å². The van der Waals surface area contributed by atoms with E-state index in [1.54, 1.807) is 0 Å². The zero-order chi connectivity index (χ0) is 13.8. The highest BCUT2D eigenvalue weighted by Gasteiger charge is 2.17. The first-order valence-corrected chi connectivity index (χ1v) is 6.91. The monoisotopic (exact) mass is 277 g/mol. The Morgan fingerprint density at radius 3 is 2.68 bits per heavy atom. The van der Waals surface area contributed by atoms with Gasteiger partial charge in [0.25, 0.3) is 0 Å². The first-order chi connectivity index (χ1) is 9.08. The fourth-order valence-corrected chi connectivity index (χ4v) is 2.54. The molecule has 0 spiro atoms. The number of carbonyl (C=O) groups excluding carboxylic acids is 1. The Labute approximate surface area is 119 Å². The SMILES string of the molecule is Cc1cc(NCC(=O)N2CCCC2)ccc1C(N)=S. The Morgan fingerprint density at radius 2 is 2.11 bits per heavy atom. The molecule has 3 N–H and O–H groups in total. The van der Waals surface area contributed by atoms with Crippen LogP contribution in [0.15, 0.2) is 18.2 Å². The molecule has 1 fully saturated rings. The van der Waals surface area contributed by atoms with E-state index in [1.165, 1.54) is 0 Å². The molecule has 1 aliphatic heterocycles. The minimum atomic E-state index is 0.161. The standard InChI is InChI=1S/C14H19N3OS/c1-10-8-11(4-5-12(10)14(15)19)16-9-13(18)17-6-2-3-7-17/h4-5,8,16H,2-3,6-7,9H2,1H3,(H2,15,19). The first kappa shape index (κ1) is 13.8. The van der Waals surface area contributed by atoms with Crippen molar-refractivity contribution in [1.82, 2.24) is 4.90 Å². The maximum atomic E-state index is 11.9. The van der Waals surface area contributed by atoms with Crippen molar-refractivity contribution in [2.75, 3.05) is 25.0 Å². The molecule has 4 nitrogen and oxygen atoms in total. The van der Waals surface area contributed by atoms with Crippen molar-refractivity contribution in [2.45, 2.75) is 19.8 Å². The summed E-state index contributed by atoms with van der Waals surface area (Å²) in [7, 11) is 0. The van der Waals surface area contributed by atoms with Gasteiger partial charge in [-0.15, -0.1) is 0 Å². The van der Waals surface area contributed by atoms with Crippen molar-refractivity contribution in [1.29, 1.82) is 0 Å². The van der Waals surface area contributed by atoms with Crippen molar-refractivity contribution in [3.05, 3.63) is 29.3 Å². The molecule has 5 heteroatoms. The molecule has 0 saturated carbocycles. The number of anilines is 1. The molecule has 1 aromatic rings. The first-order valence-electron chi connectivity index (χ1n) is 6.50. The molecule has 2 rings (SSSR count). The Bertz CT molecular complexity index is 495. The molecule has 0 atom stereocenters. The highest BCUT2D eigenvalue weighted by molar-refractivity contribution is 7.80. The largest absolute Gasteiger partial charge is 0.389 e. The van der Waals surface area contributed by atoms with Gasteiger partial charge in [-0.3, -0.25) is 4.79 Å². The third kappa shape index (κ3) is 3.44. The summed E-state index contributed by atoms with van der Waals surface area (Å²) in [6, 6.07) is 5.75. The second-order valence-corrected chi connectivity index (χ2v) is 5.28. The van der Waals surface area contributed by atoms with Gasteiger partial charge in [-0.1, -0.05) is 12.2 Å². The number of likely N-dealkylation sites (tertiary alicyclic amines) is 1. The molecule has 1 aliphatic rings. The van der Waals surface area contributed by atoms with Gasteiger partial charge in [0.05, 0.1) is 6.54 Å². The van der Waals surface area contributed by atoms with E-state index in [-0.39, 0.29) is 5.91 Å². The average molecular weight is 277 g/mol. The van der Waals surface area contributed by atoms with E-state index in [4.69, 9.17) is 18.0 Å². The summed E-state index contributed by atoms with van der Waals surface area (Å²) in [5.41, 5.74) is 8.44. The molecule has 19 heavy (non-hydrogen) atoms. The molecule has 102 valence electrons. The fourth-order valence-electron chi connectivity index (χ4n) is 2.31. The van der Waals surface area contributed by atoms with Crippen molar-refractivity contribution >= 4 is 28.8 Å². The number of carbonyl (C=O) groups is 1. The predicted molar refractivity (Wildman–Crippen MR) is 81.4 cm³/mol. The molecule has 0 aromatic heterocycles. The van der Waals surface area contributed by atoms with Gasteiger partial charge < -0.3 is 16.0 Å². The van der Waals surface area contributed by atoms with Gasteiger partial charge in [0.2, 0.25) is 5.91 Å². The van der Waals surface area contributed by atoms with E-state index in [2.05, 4.69) is 5.32 Å². The summed E-state index contributed by atoms with van der Waals surface area (Å²) in [4.78, 5) is 14.2. The summed E-state index contributed by atoms with van der Waals surface area (Å²) < 4.78 is 0. The Kier molecular flexibility index (Phi) is 4.37. The summed E-state index contributed by atoms with van der Waals surface area (Å²) in [6.45, 7) is 4.08. The predicted octanol–water partition coefficient (Wildman–Crippen LogP) is 1.66. The van der Waals surface area contributed by atoms with E-state index in [1.807, 2.05) is 30.0 Å². The summed E-state index contributed by atoms with van der Waals surface area (Å²) >= 11 is 4.97. The van der Waals surface area contributed by atoms with Crippen molar-refractivity contribution in [3.8, 4) is 0 Å². The van der Waals surface area contributed by atoms with Crippen LogP contribution in [0.3, 0.4) is 0 Å². The lowest BCUT2D eigenvalue weighted by Crippen LogP contribution is -2.33. The summed E-state index contributed by atoms with van der Waals surface area (Å²) in [6.07, 6.45) is 2.24. The highest BCUT2D eigenvalue weighted by Crippen LogP contribution is 2.15. The minimum Gasteiger partial charge on any atom is -0.389 e. The number of aryl methyl sites for hydroxylation is 1. The highest BCUT2D eigenvalue weighted by atomic mass is 32.1. The molecule has 0 bridgehead atoms. The van der Waals surface area contributed by atoms with E-state index < -0.39 is 0 Å². The smallest absolute Gasteiger partial charge is 0.241 e. The molecule has 1 amide bonds. The lowest BCUT2D eigenvalue weighted by molar-refractivity contribution is -0.128. The van der Waals surface area contributed by atoms with Crippen LogP contribution in [-0.2, 0) is 4.79 Å². The van der Waals surface area contributed by atoms with Crippen LogP contribution in [0.1, 0.15) is 24.0 Å². The van der Waals surface area contributed by atoms with Crippen molar-refractivity contribution in [3.63, 3.8) is 0 Å². The van der Waals surface area contributed by atoms with Crippen LogP contribution in [0.2, 0.25) is 0 Å². The van der Waals surface area contributed by atoms with Crippen LogP contribution in [-0.4, -0.2) is 35.4 Å². The lowest BCUT2D eigenvalue weighted by Gasteiger charge is -2.16. The Hall–Kier alpha value is -1.62. The molecule has 1 saturated heterocycles. The van der Waals surface area contributed by atoms with E-state index in [0.29, 0.717) is 11.5 Å². The van der Waals surface area contributed by atoms with E-state index in [9.17, 15) is 4.79 Å². The van der Waals surface area contributed by atoms with Gasteiger partial charge >= 0.3 is 0 Å². The van der Waals surface area contributed by atoms with Gasteiger partial charge in [-0.25, -0.2) is 0 Å². The third-order valence-corrected chi connectivity index (χ3v) is 3.61. The number of hydrogen-bond donors (Lipinski definition) is 2. The second kappa shape index (κ2) is 6.02. The Balaban J connectivity index is 1.94. The van der Waals surface area contributed by atoms with Crippen LogP contribution < -0.4 is 11.1 Å². The molecule has 1 heterocycles. The van der Waals surface area contributed by atoms with Crippen LogP contribution in [0.4, 0.5) is 5.69 Å². The number of benzene rings is 1. The van der Waals surface area contributed by atoms with Crippen LogP contribution in [0.25, 0.3) is 0 Å². The third-order valence-electron chi connectivity index (χ3n) is 3.39. The molecule has 0 aliphatic carbocycles. The fraction of sp³-hybridized carbons (Fsp3) is 0.429. The van der Waals surface area contributed by atoms with Gasteiger partial charge in [-0.05, 0) is 43.5 Å². The molecule has 0 unspecified atom stereocenters. The number of amides is 1. The molecule has 0 radical (unpaired) electrons. The maximum Gasteiger partial charge on any atom is 0.241 e. The second-order valence-electron chi connectivity index (χ2n) is 4.84. The van der Waals surface area contributed by atoms with Gasteiger partial charge in [0.15, 0.2) is 0 Å². The zero-order valence-electron chi connectivity index (χ0n) is 11.1. The number of nitrogens with one attached hydrogen (secondary N) is 1. The van der Waals surface area contributed by atoms with Crippen LogP contribution in [0.5, 0.6) is 0 Å².